The van der Waals surface area contributed by atoms with Gasteiger partial charge in [0.15, 0.2) is 0 Å². The predicted molar refractivity (Wildman–Crippen MR) is 103 cm³/mol. The van der Waals surface area contributed by atoms with Crippen molar-refractivity contribution < 1.29 is 4.74 Å². The highest BCUT2D eigenvalue weighted by Crippen LogP contribution is 2.21. The Bertz CT molecular complexity index is 670. The number of aromatic nitrogens is 2. The van der Waals surface area contributed by atoms with Crippen LogP contribution in [0, 0.1) is 6.92 Å². The maximum absolute atomic E-state index is 5.07. The van der Waals surface area contributed by atoms with Crippen molar-refractivity contribution in [3.63, 3.8) is 0 Å². The van der Waals surface area contributed by atoms with E-state index in [1.165, 1.54) is 11.3 Å². The van der Waals surface area contributed by atoms with Gasteiger partial charge < -0.3 is 19.9 Å². The second-order valence-corrected chi connectivity index (χ2v) is 6.35. The second kappa shape index (κ2) is 8.67. The van der Waals surface area contributed by atoms with Crippen LogP contribution >= 0.6 is 0 Å². The van der Waals surface area contributed by atoms with Crippen molar-refractivity contribution in [1.82, 2.24) is 9.97 Å². The van der Waals surface area contributed by atoms with E-state index in [4.69, 9.17) is 4.74 Å². The third kappa shape index (κ3) is 4.82. The molecule has 2 aromatic rings. The van der Waals surface area contributed by atoms with Crippen LogP contribution in [-0.4, -0.2) is 56.4 Å². The first-order valence-electron chi connectivity index (χ1n) is 8.87. The monoisotopic (exact) mass is 341 g/mol. The van der Waals surface area contributed by atoms with Gasteiger partial charge in [0, 0.05) is 58.2 Å². The van der Waals surface area contributed by atoms with Gasteiger partial charge in [0.25, 0.3) is 0 Å². The van der Waals surface area contributed by atoms with Crippen molar-refractivity contribution in [3.05, 3.63) is 42.2 Å². The molecule has 1 aromatic carbocycles. The molecule has 1 aliphatic rings. The second-order valence-electron chi connectivity index (χ2n) is 6.35. The number of ether oxygens (including phenoxy) is 1. The van der Waals surface area contributed by atoms with E-state index in [9.17, 15) is 0 Å². The zero-order valence-electron chi connectivity index (χ0n) is 15.1. The van der Waals surface area contributed by atoms with Crippen LogP contribution in [-0.2, 0) is 4.74 Å². The topological polar surface area (TPSA) is 53.5 Å². The lowest BCUT2D eigenvalue weighted by Gasteiger charge is -2.36. The SMILES string of the molecule is COCCCNc1cc(N2CCN(c3cccc(C)c3)CC2)ncn1. The highest BCUT2D eigenvalue weighted by Gasteiger charge is 2.18. The Balaban J connectivity index is 1.55. The summed E-state index contributed by atoms with van der Waals surface area (Å²) in [4.78, 5) is 13.5. The maximum atomic E-state index is 5.07. The molecule has 6 heteroatoms. The van der Waals surface area contributed by atoms with E-state index in [-0.39, 0.29) is 0 Å². The van der Waals surface area contributed by atoms with Crippen molar-refractivity contribution in [3.8, 4) is 0 Å². The van der Waals surface area contributed by atoms with Crippen molar-refractivity contribution >= 4 is 17.3 Å². The van der Waals surface area contributed by atoms with Crippen molar-refractivity contribution in [2.75, 3.05) is 61.6 Å². The quantitative estimate of drug-likeness (QED) is 0.781. The zero-order valence-corrected chi connectivity index (χ0v) is 15.1. The Morgan fingerprint density at radius 2 is 1.88 bits per heavy atom. The number of methoxy groups -OCH3 is 1. The van der Waals surface area contributed by atoms with E-state index in [2.05, 4.69) is 56.3 Å². The van der Waals surface area contributed by atoms with E-state index in [1.54, 1.807) is 13.4 Å². The summed E-state index contributed by atoms with van der Waals surface area (Å²) in [5.74, 6) is 1.87. The number of nitrogens with zero attached hydrogens (tertiary/aromatic N) is 4. The summed E-state index contributed by atoms with van der Waals surface area (Å²) in [5.41, 5.74) is 2.61. The largest absolute Gasteiger partial charge is 0.385 e. The normalized spacial score (nSPS) is 14.6. The average Bonchev–Trinajstić information content (AvgIpc) is 2.66. The van der Waals surface area contributed by atoms with Gasteiger partial charge in [-0.1, -0.05) is 12.1 Å². The lowest BCUT2D eigenvalue weighted by molar-refractivity contribution is 0.198. The summed E-state index contributed by atoms with van der Waals surface area (Å²) in [6.45, 7) is 7.69. The Hall–Kier alpha value is -2.34. The predicted octanol–water partition coefficient (Wildman–Crippen LogP) is 2.56. The van der Waals surface area contributed by atoms with Gasteiger partial charge in [-0.15, -0.1) is 0 Å². The van der Waals surface area contributed by atoms with Gasteiger partial charge in [-0.2, -0.15) is 0 Å². The van der Waals surface area contributed by atoms with E-state index >= 15 is 0 Å². The van der Waals surface area contributed by atoms with Crippen LogP contribution in [0.25, 0.3) is 0 Å². The number of hydrogen-bond donors (Lipinski definition) is 1. The summed E-state index contributed by atoms with van der Waals surface area (Å²) in [7, 11) is 1.72. The molecule has 0 spiro atoms. The lowest BCUT2D eigenvalue weighted by atomic mass is 10.2. The molecule has 1 aromatic heterocycles. The van der Waals surface area contributed by atoms with E-state index < -0.39 is 0 Å². The van der Waals surface area contributed by atoms with E-state index in [0.717, 1.165) is 57.4 Å². The highest BCUT2D eigenvalue weighted by atomic mass is 16.5. The van der Waals surface area contributed by atoms with Crippen LogP contribution in [0.3, 0.4) is 0 Å². The lowest BCUT2D eigenvalue weighted by Crippen LogP contribution is -2.46. The molecule has 0 saturated carbocycles. The number of nitrogens with one attached hydrogen (secondary N) is 1. The fraction of sp³-hybridized carbons (Fsp3) is 0.474. The summed E-state index contributed by atoms with van der Waals surface area (Å²) in [6.07, 6.45) is 2.60. The van der Waals surface area contributed by atoms with Crippen LogP contribution in [0.2, 0.25) is 0 Å². The first-order valence-corrected chi connectivity index (χ1v) is 8.87. The minimum atomic E-state index is 0.756. The number of piperazine rings is 1. The van der Waals surface area contributed by atoms with Crippen molar-refractivity contribution in [1.29, 1.82) is 0 Å². The van der Waals surface area contributed by atoms with Crippen LogP contribution < -0.4 is 15.1 Å². The van der Waals surface area contributed by atoms with Gasteiger partial charge in [0.2, 0.25) is 0 Å². The molecule has 1 aliphatic heterocycles. The Morgan fingerprint density at radius 3 is 2.64 bits per heavy atom. The minimum Gasteiger partial charge on any atom is -0.385 e. The average molecular weight is 341 g/mol. The Kier molecular flexibility index (Phi) is 6.06. The van der Waals surface area contributed by atoms with Crippen LogP contribution in [0.1, 0.15) is 12.0 Å². The van der Waals surface area contributed by atoms with Gasteiger partial charge in [-0.25, -0.2) is 9.97 Å². The molecule has 3 rings (SSSR count). The third-order valence-corrected chi connectivity index (χ3v) is 4.45. The van der Waals surface area contributed by atoms with Gasteiger partial charge in [-0.05, 0) is 31.0 Å². The fourth-order valence-corrected chi connectivity index (χ4v) is 3.07. The molecule has 0 bridgehead atoms. The fourth-order valence-electron chi connectivity index (χ4n) is 3.07. The molecule has 0 unspecified atom stereocenters. The van der Waals surface area contributed by atoms with Gasteiger partial charge in [0.05, 0.1) is 0 Å². The molecule has 0 radical (unpaired) electrons. The summed E-state index contributed by atoms with van der Waals surface area (Å²) >= 11 is 0. The zero-order chi connectivity index (χ0) is 17.5. The number of aryl methyl sites for hydroxylation is 1. The molecule has 0 atom stereocenters. The van der Waals surface area contributed by atoms with Gasteiger partial charge in [-0.3, -0.25) is 0 Å². The van der Waals surface area contributed by atoms with Gasteiger partial charge in [0.1, 0.15) is 18.0 Å². The van der Waals surface area contributed by atoms with E-state index in [1.807, 2.05) is 6.07 Å². The molecule has 1 saturated heterocycles. The molecule has 6 nitrogen and oxygen atoms in total. The molecule has 25 heavy (non-hydrogen) atoms. The van der Waals surface area contributed by atoms with Crippen LogP contribution in [0.15, 0.2) is 36.7 Å². The maximum Gasteiger partial charge on any atom is 0.134 e. The first-order chi connectivity index (χ1) is 12.3. The Labute approximate surface area is 149 Å². The molecule has 134 valence electrons. The van der Waals surface area contributed by atoms with Crippen LogP contribution in [0.5, 0.6) is 0 Å². The van der Waals surface area contributed by atoms with Crippen molar-refractivity contribution in [2.45, 2.75) is 13.3 Å². The standard InChI is InChI=1S/C19H27N5O/c1-16-5-3-6-17(13-16)23-8-10-24(11-9-23)19-14-18(21-15-22-19)20-7-4-12-25-2/h3,5-6,13-15H,4,7-12H2,1-2H3,(H,20,21,22). The summed E-state index contributed by atoms with van der Waals surface area (Å²) < 4.78 is 5.07. The molecular formula is C19H27N5O. The number of benzene rings is 1. The number of anilines is 3. The number of rotatable bonds is 7. The number of hydrogen-bond acceptors (Lipinski definition) is 6. The smallest absolute Gasteiger partial charge is 0.134 e. The van der Waals surface area contributed by atoms with E-state index in [0.29, 0.717) is 0 Å². The molecule has 1 N–H and O–H groups in total. The summed E-state index contributed by atoms with van der Waals surface area (Å²) in [6, 6.07) is 10.7. The minimum absolute atomic E-state index is 0.756. The van der Waals surface area contributed by atoms with Gasteiger partial charge >= 0.3 is 0 Å². The Morgan fingerprint density at radius 1 is 1.08 bits per heavy atom. The third-order valence-electron chi connectivity index (χ3n) is 4.45. The molecule has 2 heterocycles. The highest BCUT2D eigenvalue weighted by molar-refractivity contribution is 5.53. The molecule has 1 fully saturated rings. The van der Waals surface area contributed by atoms with Crippen LogP contribution in [0.4, 0.5) is 17.3 Å². The molecular weight excluding hydrogens is 314 g/mol. The van der Waals surface area contributed by atoms with Crippen molar-refractivity contribution in [2.24, 2.45) is 0 Å². The molecule has 0 amide bonds. The summed E-state index contributed by atoms with van der Waals surface area (Å²) in [5, 5.41) is 3.33. The first kappa shape index (κ1) is 17.5. The molecule has 0 aliphatic carbocycles.